The number of ether oxygens (including phenoxy) is 2. The summed E-state index contributed by atoms with van der Waals surface area (Å²) in [6.07, 6.45) is 1.35. The van der Waals surface area contributed by atoms with E-state index < -0.39 is 0 Å². The zero-order chi connectivity index (χ0) is 15.0. The van der Waals surface area contributed by atoms with Crippen LogP contribution in [0.3, 0.4) is 0 Å². The molecule has 0 radical (unpaired) electrons. The monoisotopic (exact) mass is 281 g/mol. The first kappa shape index (κ1) is 15.3. The highest BCUT2D eigenvalue weighted by atomic mass is 19.1. The normalized spacial score (nSPS) is 23.8. The summed E-state index contributed by atoms with van der Waals surface area (Å²) in [6, 6.07) is 4.60. The Morgan fingerprint density at radius 2 is 2.05 bits per heavy atom. The fourth-order valence-corrected chi connectivity index (χ4v) is 2.86. The minimum Gasteiger partial charge on any atom is -0.487 e. The summed E-state index contributed by atoms with van der Waals surface area (Å²) in [5.41, 5.74) is 5.82. The second kappa shape index (κ2) is 5.34. The van der Waals surface area contributed by atoms with Crippen molar-refractivity contribution in [2.75, 3.05) is 6.54 Å². The summed E-state index contributed by atoms with van der Waals surface area (Å²) in [7, 11) is 0. The Hall–Kier alpha value is -1.13. The highest BCUT2D eigenvalue weighted by Crippen LogP contribution is 2.40. The lowest BCUT2D eigenvalue weighted by Crippen LogP contribution is -2.37. The van der Waals surface area contributed by atoms with Gasteiger partial charge in [0.05, 0.1) is 5.60 Å². The molecule has 1 heterocycles. The molecule has 0 aliphatic carbocycles. The number of rotatable bonds is 4. The fraction of sp³-hybridized carbons (Fsp3) is 0.625. The third-order valence-corrected chi connectivity index (χ3v) is 3.70. The summed E-state index contributed by atoms with van der Waals surface area (Å²) < 4.78 is 25.5. The highest BCUT2D eigenvalue weighted by molar-refractivity contribution is 5.34. The van der Waals surface area contributed by atoms with Gasteiger partial charge in [0, 0.05) is 6.42 Å². The molecule has 1 unspecified atom stereocenters. The molecule has 1 aliphatic rings. The maximum atomic E-state index is 13.3. The number of nitrogens with two attached hydrogens (primary N) is 1. The third-order valence-electron chi connectivity index (χ3n) is 3.70. The van der Waals surface area contributed by atoms with E-state index in [1.165, 1.54) is 12.1 Å². The molecule has 1 saturated heterocycles. The van der Waals surface area contributed by atoms with Crippen molar-refractivity contribution in [1.82, 2.24) is 0 Å². The van der Waals surface area contributed by atoms with Crippen LogP contribution in [-0.4, -0.2) is 23.9 Å². The number of hydrogen-bond donors (Lipinski definition) is 1. The van der Waals surface area contributed by atoms with Gasteiger partial charge in [-0.05, 0) is 64.4 Å². The smallest absolute Gasteiger partial charge is 0.130 e. The van der Waals surface area contributed by atoms with Crippen LogP contribution in [0.5, 0.6) is 5.75 Å². The first-order valence-corrected chi connectivity index (χ1v) is 7.09. The van der Waals surface area contributed by atoms with Gasteiger partial charge in [0.25, 0.3) is 0 Å². The van der Waals surface area contributed by atoms with E-state index >= 15 is 0 Å². The van der Waals surface area contributed by atoms with Crippen LogP contribution in [0.15, 0.2) is 18.2 Å². The Labute approximate surface area is 120 Å². The molecule has 0 saturated carbocycles. The van der Waals surface area contributed by atoms with Crippen LogP contribution in [0, 0.1) is 5.82 Å². The van der Waals surface area contributed by atoms with Gasteiger partial charge >= 0.3 is 0 Å². The van der Waals surface area contributed by atoms with Crippen molar-refractivity contribution >= 4 is 0 Å². The van der Waals surface area contributed by atoms with E-state index in [2.05, 4.69) is 13.8 Å². The van der Waals surface area contributed by atoms with Crippen LogP contribution in [0.25, 0.3) is 0 Å². The van der Waals surface area contributed by atoms with E-state index in [1.54, 1.807) is 6.07 Å². The second-order valence-corrected chi connectivity index (χ2v) is 6.57. The van der Waals surface area contributed by atoms with Gasteiger partial charge in [0.2, 0.25) is 0 Å². The SMILES string of the molecule is CC1(C)CC(Oc2ccc(F)cc2CCN)C(C)(C)O1. The molecule has 1 aliphatic heterocycles. The molecule has 1 fully saturated rings. The van der Waals surface area contributed by atoms with Crippen molar-refractivity contribution < 1.29 is 13.9 Å². The molecule has 2 N–H and O–H groups in total. The second-order valence-electron chi connectivity index (χ2n) is 6.57. The van der Waals surface area contributed by atoms with Crippen LogP contribution >= 0.6 is 0 Å². The standard InChI is InChI=1S/C16H24FNO2/c1-15(2)10-14(16(3,4)20-15)19-13-6-5-12(17)9-11(13)7-8-18/h5-6,9,14H,7-8,10,18H2,1-4H3. The molecular formula is C16H24FNO2. The molecule has 1 aromatic carbocycles. The minimum absolute atomic E-state index is 0.0560. The summed E-state index contributed by atoms with van der Waals surface area (Å²) in [4.78, 5) is 0. The predicted octanol–water partition coefficient (Wildman–Crippen LogP) is 3.05. The highest BCUT2D eigenvalue weighted by Gasteiger charge is 2.47. The summed E-state index contributed by atoms with van der Waals surface area (Å²) >= 11 is 0. The van der Waals surface area contributed by atoms with Gasteiger partial charge < -0.3 is 15.2 Å². The molecule has 0 spiro atoms. The maximum absolute atomic E-state index is 13.3. The van der Waals surface area contributed by atoms with E-state index in [-0.39, 0.29) is 23.1 Å². The van der Waals surface area contributed by atoms with Crippen molar-refractivity contribution in [2.24, 2.45) is 5.73 Å². The van der Waals surface area contributed by atoms with Crippen molar-refractivity contribution in [3.63, 3.8) is 0 Å². The van der Waals surface area contributed by atoms with Gasteiger partial charge in [0.1, 0.15) is 23.3 Å². The summed E-state index contributed by atoms with van der Waals surface area (Å²) in [5, 5.41) is 0. The average Bonchev–Trinajstić information content (AvgIpc) is 2.50. The Kier molecular flexibility index (Phi) is 4.07. The van der Waals surface area contributed by atoms with Crippen molar-refractivity contribution in [2.45, 2.75) is 57.8 Å². The maximum Gasteiger partial charge on any atom is 0.130 e. The Morgan fingerprint density at radius 3 is 2.60 bits per heavy atom. The lowest BCUT2D eigenvalue weighted by Gasteiger charge is -2.28. The molecule has 20 heavy (non-hydrogen) atoms. The van der Waals surface area contributed by atoms with E-state index in [0.29, 0.717) is 18.7 Å². The summed E-state index contributed by atoms with van der Waals surface area (Å²) in [5.74, 6) is 0.444. The lowest BCUT2D eigenvalue weighted by molar-refractivity contribution is -0.0846. The van der Waals surface area contributed by atoms with Gasteiger partial charge in [-0.25, -0.2) is 4.39 Å². The lowest BCUT2D eigenvalue weighted by atomic mass is 9.97. The Bertz CT molecular complexity index is 485. The quantitative estimate of drug-likeness (QED) is 0.922. The first-order chi connectivity index (χ1) is 9.23. The van der Waals surface area contributed by atoms with Gasteiger partial charge in [-0.2, -0.15) is 0 Å². The van der Waals surface area contributed by atoms with E-state index in [9.17, 15) is 4.39 Å². The van der Waals surface area contributed by atoms with Crippen LogP contribution in [0.4, 0.5) is 4.39 Å². The molecular weight excluding hydrogens is 257 g/mol. The van der Waals surface area contributed by atoms with Gasteiger partial charge in [-0.3, -0.25) is 0 Å². The largest absolute Gasteiger partial charge is 0.487 e. The summed E-state index contributed by atoms with van der Waals surface area (Å²) in [6.45, 7) is 8.64. The van der Waals surface area contributed by atoms with Crippen molar-refractivity contribution in [1.29, 1.82) is 0 Å². The number of halogens is 1. The molecule has 0 bridgehead atoms. The third kappa shape index (κ3) is 3.30. The van der Waals surface area contributed by atoms with E-state index in [0.717, 1.165) is 12.0 Å². The van der Waals surface area contributed by atoms with Gasteiger partial charge in [0.15, 0.2) is 0 Å². The molecule has 0 amide bonds. The van der Waals surface area contributed by atoms with Crippen molar-refractivity contribution in [3.8, 4) is 5.75 Å². The average molecular weight is 281 g/mol. The van der Waals surface area contributed by atoms with E-state index in [1.807, 2.05) is 13.8 Å². The van der Waals surface area contributed by atoms with E-state index in [4.69, 9.17) is 15.2 Å². The Balaban J connectivity index is 2.22. The van der Waals surface area contributed by atoms with Crippen LogP contribution in [-0.2, 0) is 11.2 Å². The van der Waals surface area contributed by atoms with Crippen LogP contribution in [0.1, 0.15) is 39.7 Å². The molecule has 3 nitrogen and oxygen atoms in total. The zero-order valence-electron chi connectivity index (χ0n) is 12.7. The fourth-order valence-electron chi connectivity index (χ4n) is 2.86. The van der Waals surface area contributed by atoms with Gasteiger partial charge in [-0.15, -0.1) is 0 Å². The Morgan fingerprint density at radius 1 is 1.35 bits per heavy atom. The molecule has 112 valence electrons. The number of benzene rings is 1. The molecule has 4 heteroatoms. The van der Waals surface area contributed by atoms with Gasteiger partial charge in [-0.1, -0.05) is 0 Å². The van der Waals surface area contributed by atoms with Crippen LogP contribution < -0.4 is 10.5 Å². The molecule has 1 atom stereocenters. The first-order valence-electron chi connectivity index (χ1n) is 7.09. The minimum atomic E-state index is -0.363. The molecule has 2 rings (SSSR count). The topological polar surface area (TPSA) is 44.5 Å². The van der Waals surface area contributed by atoms with Crippen LogP contribution in [0.2, 0.25) is 0 Å². The molecule has 0 aromatic heterocycles. The zero-order valence-corrected chi connectivity index (χ0v) is 12.7. The molecule has 1 aromatic rings. The predicted molar refractivity (Wildman–Crippen MR) is 77.4 cm³/mol. The van der Waals surface area contributed by atoms with Crippen molar-refractivity contribution in [3.05, 3.63) is 29.6 Å². The number of hydrogen-bond acceptors (Lipinski definition) is 3.